The van der Waals surface area contributed by atoms with Crippen LogP contribution in [-0.2, 0) is 16.6 Å². The molecule has 0 bridgehead atoms. The highest BCUT2D eigenvalue weighted by Gasteiger charge is 2.31. The number of nitrogens with zero attached hydrogens (tertiary/aromatic N) is 4. The number of piperazine rings is 1. The smallest absolute Gasteiger partial charge is 0.317 e. The van der Waals surface area contributed by atoms with Gasteiger partial charge in [0.2, 0.25) is 10.0 Å². The highest BCUT2D eigenvalue weighted by Crippen LogP contribution is 2.25. The maximum absolute atomic E-state index is 13.0. The monoisotopic (exact) mass is 417 g/mol. The molecule has 0 saturated carbocycles. The molecule has 1 aromatic heterocycles. The Kier molecular flexibility index (Phi) is 5.25. The Labute approximate surface area is 167 Å². The van der Waals surface area contributed by atoms with E-state index in [4.69, 9.17) is 0 Å². The summed E-state index contributed by atoms with van der Waals surface area (Å²) in [5.41, 5.74) is 1.99. The largest absolute Gasteiger partial charge is 0.334 e. The van der Waals surface area contributed by atoms with Crippen LogP contribution in [0.15, 0.2) is 53.4 Å². The first-order chi connectivity index (χ1) is 13.6. The Bertz CT molecular complexity index is 1080. The van der Waals surface area contributed by atoms with Crippen molar-refractivity contribution >= 4 is 38.8 Å². The van der Waals surface area contributed by atoms with Crippen LogP contribution < -0.4 is 5.32 Å². The number of urea groups is 1. The van der Waals surface area contributed by atoms with Crippen molar-refractivity contribution in [1.29, 1.82) is 0 Å². The van der Waals surface area contributed by atoms with E-state index in [1.807, 2.05) is 30.3 Å². The second kappa shape index (κ2) is 7.82. The summed E-state index contributed by atoms with van der Waals surface area (Å²) in [6, 6.07) is 14.4. The summed E-state index contributed by atoms with van der Waals surface area (Å²) in [6.45, 7) is 1.61. The number of carbonyl (C=O) groups excluding carboxylic acids is 1. The van der Waals surface area contributed by atoms with Gasteiger partial charge in [0, 0.05) is 32.7 Å². The Morgan fingerprint density at radius 3 is 2.50 bits per heavy atom. The van der Waals surface area contributed by atoms with Gasteiger partial charge in [-0.25, -0.2) is 13.2 Å². The molecule has 2 heterocycles. The molecule has 2 aromatic carbocycles. The average molecular weight is 418 g/mol. The lowest BCUT2D eigenvalue weighted by atomic mass is 10.2. The molecule has 146 valence electrons. The Morgan fingerprint density at radius 1 is 1.00 bits per heavy atom. The highest BCUT2D eigenvalue weighted by molar-refractivity contribution is 7.89. The van der Waals surface area contributed by atoms with Gasteiger partial charge in [-0.2, -0.15) is 13.1 Å². The van der Waals surface area contributed by atoms with Crippen molar-refractivity contribution in [3.05, 3.63) is 54.1 Å². The van der Waals surface area contributed by atoms with E-state index in [1.165, 1.54) is 4.31 Å². The maximum Gasteiger partial charge on any atom is 0.317 e. The minimum Gasteiger partial charge on any atom is -0.334 e. The zero-order valence-electron chi connectivity index (χ0n) is 15.0. The van der Waals surface area contributed by atoms with Crippen molar-refractivity contribution in [2.75, 3.05) is 26.2 Å². The number of sulfonamides is 1. The first kappa shape index (κ1) is 18.8. The molecule has 0 radical (unpaired) electrons. The molecule has 1 aliphatic heterocycles. The quantitative estimate of drug-likeness (QED) is 0.700. The van der Waals surface area contributed by atoms with E-state index in [0.29, 0.717) is 30.7 Å². The van der Waals surface area contributed by atoms with Gasteiger partial charge in [0.1, 0.15) is 15.9 Å². The van der Waals surface area contributed by atoms with Crippen molar-refractivity contribution < 1.29 is 13.2 Å². The molecule has 0 unspecified atom stereocenters. The molecule has 8 nitrogen and oxygen atoms in total. The van der Waals surface area contributed by atoms with Crippen molar-refractivity contribution in [3.63, 3.8) is 0 Å². The van der Waals surface area contributed by atoms with Gasteiger partial charge in [-0.05, 0) is 17.7 Å². The fourth-order valence-corrected chi connectivity index (χ4v) is 5.32. The average Bonchev–Trinajstić information content (AvgIpc) is 3.21. The molecule has 3 aromatic rings. The molecular weight excluding hydrogens is 398 g/mol. The van der Waals surface area contributed by atoms with Gasteiger partial charge in [-0.3, -0.25) is 0 Å². The van der Waals surface area contributed by atoms with Crippen LogP contribution in [0.5, 0.6) is 0 Å². The number of aromatic nitrogens is 2. The summed E-state index contributed by atoms with van der Waals surface area (Å²) in [5, 5.41) is 2.88. The summed E-state index contributed by atoms with van der Waals surface area (Å²) < 4.78 is 35.7. The Morgan fingerprint density at radius 2 is 1.75 bits per heavy atom. The number of nitrogens with one attached hydrogen (secondary N) is 1. The molecule has 1 N–H and O–H groups in total. The van der Waals surface area contributed by atoms with E-state index in [2.05, 4.69) is 14.1 Å². The summed E-state index contributed by atoms with van der Waals surface area (Å²) in [7, 11) is -3.68. The molecule has 28 heavy (non-hydrogen) atoms. The second-order valence-corrected chi connectivity index (χ2v) is 8.86. The van der Waals surface area contributed by atoms with E-state index in [9.17, 15) is 13.2 Å². The topological polar surface area (TPSA) is 95.5 Å². The van der Waals surface area contributed by atoms with Gasteiger partial charge in [0.25, 0.3) is 0 Å². The molecule has 1 fully saturated rings. The number of carbonyl (C=O) groups is 1. The van der Waals surface area contributed by atoms with Crippen LogP contribution in [0.3, 0.4) is 0 Å². The van der Waals surface area contributed by atoms with Crippen LogP contribution >= 0.6 is 11.7 Å². The lowest BCUT2D eigenvalue weighted by Crippen LogP contribution is -2.52. The van der Waals surface area contributed by atoms with Gasteiger partial charge in [-0.1, -0.05) is 36.4 Å². The molecule has 1 aliphatic rings. The van der Waals surface area contributed by atoms with Crippen molar-refractivity contribution in [2.24, 2.45) is 0 Å². The molecule has 0 aliphatic carbocycles. The number of hydrogen-bond acceptors (Lipinski definition) is 6. The van der Waals surface area contributed by atoms with Gasteiger partial charge in [-0.15, -0.1) is 0 Å². The van der Waals surface area contributed by atoms with E-state index >= 15 is 0 Å². The predicted octanol–water partition coefficient (Wildman–Crippen LogP) is 1.91. The maximum atomic E-state index is 13.0. The lowest BCUT2D eigenvalue weighted by Gasteiger charge is -2.34. The van der Waals surface area contributed by atoms with Gasteiger partial charge in [0.15, 0.2) is 0 Å². The van der Waals surface area contributed by atoms with E-state index in [-0.39, 0.29) is 24.0 Å². The molecule has 4 rings (SSSR count). The molecule has 0 atom stereocenters. The Balaban J connectivity index is 1.39. The van der Waals surface area contributed by atoms with Crippen molar-refractivity contribution in [2.45, 2.75) is 11.4 Å². The minimum absolute atomic E-state index is 0.167. The minimum atomic E-state index is -3.68. The van der Waals surface area contributed by atoms with E-state index < -0.39 is 10.0 Å². The van der Waals surface area contributed by atoms with Crippen LogP contribution in [0.4, 0.5) is 4.79 Å². The fraction of sp³-hybridized carbons (Fsp3) is 0.278. The van der Waals surface area contributed by atoms with E-state index in [0.717, 1.165) is 17.3 Å². The van der Waals surface area contributed by atoms with Crippen LogP contribution in [0.1, 0.15) is 5.56 Å². The zero-order valence-corrected chi connectivity index (χ0v) is 16.6. The third kappa shape index (κ3) is 3.71. The van der Waals surface area contributed by atoms with Crippen molar-refractivity contribution in [1.82, 2.24) is 23.3 Å². The number of amides is 2. The molecular formula is C18H19N5O3S2. The summed E-state index contributed by atoms with van der Waals surface area (Å²) in [4.78, 5) is 14.2. The normalized spacial score (nSPS) is 15.6. The van der Waals surface area contributed by atoms with Gasteiger partial charge >= 0.3 is 6.03 Å². The molecule has 0 spiro atoms. The molecule has 10 heteroatoms. The van der Waals surface area contributed by atoms with Crippen LogP contribution in [-0.4, -0.2) is 58.6 Å². The van der Waals surface area contributed by atoms with Crippen LogP contribution in [0.25, 0.3) is 11.0 Å². The molecule has 1 saturated heterocycles. The number of hydrogen-bond donors (Lipinski definition) is 1. The van der Waals surface area contributed by atoms with Gasteiger partial charge < -0.3 is 10.2 Å². The van der Waals surface area contributed by atoms with Crippen LogP contribution in [0, 0.1) is 0 Å². The molecule has 2 amide bonds. The standard InChI is InChI=1S/C18H19N5O3S2/c24-18(19-13-14-5-2-1-3-6-14)22-9-11-23(12-10-22)28(25,26)16-8-4-7-15-17(16)21-27-20-15/h1-8H,9-13H2,(H,19,24). The first-order valence-electron chi connectivity index (χ1n) is 8.84. The summed E-state index contributed by atoms with van der Waals surface area (Å²) >= 11 is 0.994. The number of fused-ring (bicyclic) bond motifs is 1. The number of rotatable bonds is 4. The third-order valence-electron chi connectivity index (χ3n) is 4.68. The zero-order chi connectivity index (χ0) is 19.6. The first-order valence-corrected chi connectivity index (χ1v) is 11.0. The van der Waals surface area contributed by atoms with Crippen LogP contribution in [0.2, 0.25) is 0 Å². The fourth-order valence-electron chi connectivity index (χ4n) is 3.15. The lowest BCUT2D eigenvalue weighted by molar-refractivity contribution is 0.172. The highest BCUT2D eigenvalue weighted by atomic mass is 32.2. The van der Waals surface area contributed by atoms with E-state index in [1.54, 1.807) is 23.1 Å². The Hall–Kier alpha value is -2.56. The SMILES string of the molecule is O=C(NCc1ccccc1)N1CCN(S(=O)(=O)c2cccc3nsnc23)CC1. The third-order valence-corrected chi connectivity index (χ3v) is 7.15. The van der Waals surface area contributed by atoms with Crippen molar-refractivity contribution in [3.8, 4) is 0 Å². The second-order valence-electron chi connectivity index (χ2n) is 6.42. The predicted molar refractivity (Wildman–Crippen MR) is 106 cm³/mol. The van der Waals surface area contributed by atoms with Gasteiger partial charge in [0.05, 0.1) is 11.7 Å². The number of benzene rings is 2. The summed E-state index contributed by atoms with van der Waals surface area (Å²) in [6.07, 6.45) is 0. The summed E-state index contributed by atoms with van der Waals surface area (Å²) in [5.74, 6) is 0.